The summed E-state index contributed by atoms with van der Waals surface area (Å²) >= 11 is 8.38. The molecule has 1 saturated carbocycles. The van der Waals surface area contributed by atoms with Crippen molar-refractivity contribution in [1.29, 1.82) is 0 Å². The van der Waals surface area contributed by atoms with Crippen molar-refractivity contribution in [3.63, 3.8) is 0 Å². The van der Waals surface area contributed by atoms with Crippen molar-refractivity contribution >= 4 is 39.9 Å². The van der Waals surface area contributed by atoms with Crippen LogP contribution >= 0.6 is 34.2 Å². The monoisotopic (exact) mass is 351 g/mol. The number of hydrogen-bond donors (Lipinski definition) is 2. The summed E-state index contributed by atoms with van der Waals surface area (Å²) in [5.74, 6) is 0. The minimum absolute atomic E-state index is 0.145. The molecule has 1 aromatic carbocycles. The van der Waals surface area contributed by atoms with E-state index in [1.54, 1.807) is 0 Å². The number of anilines is 1. The second-order valence-corrected chi connectivity index (χ2v) is 5.88. The van der Waals surface area contributed by atoms with Crippen molar-refractivity contribution in [2.75, 3.05) is 5.32 Å². The third-order valence-corrected chi connectivity index (χ3v) is 3.99. The third kappa shape index (κ3) is 3.02. The number of hydrogen-bond acceptors (Lipinski definition) is 2. The van der Waals surface area contributed by atoms with Gasteiger partial charge in [0, 0.05) is 3.57 Å². The molecule has 2 rings (SSSR count). The lowest BCUT2D eigenvalue weighted by molar-refractivity contribution is 0.116. The summed E-state index contributed by atoms with van der Waals surface area (Å²) in [7, 11) is 0. The molecule has 1 aromatic rings. The smallest absolute Gasteiger partial charge is 0.0741 e. The van der Waals surface area contributed by atoms with Crippen LogP contribution in [0.2, 0.25) is 5.02 Å². The van der Waals surface area contributed by atoms with E-state index in [0.29, 0.717) is 0 Å². The Morgan fingerprint density at radius 1 is 1.31 bits per heavy atom. The lowest BCUT2D eigenvalue weighted by Crippen LogP contribution is -2.36. The molecule has 1 aliphatic carbocycles. The Kier molecular flexibility index (Phi) is 4.33. The normalized spacial score (nSPS) is 25.4. The minimum Gasteiger partial charge on any atom is -0.391 e. The highest BCUT2D eigenvalue weighted by Crippen LogP contribution is 2.28. The standard InChI is InChI=1S/C12H15ClINO/c13-9-7-8(14)5-6-10(9)15-11-3-1-2-4-12(11)16/h5-7,11-12,15-16H,1-4H2. The lowest BCUT2D eigenvalue weighted by Gasteiger charge is -2.29. The van der Waals surface area contributed by atoms with E-state index in [2.05, 4.69) is 27.9 Å². The van der Waals surface area contributed by atoms with E-state index in [0.717, 1.165) is 33.5 Å². The first-order valence-electron chi connectivity index (χ1n) is 5.56. The molecule has 0 radical (unpaired) electrons. The van der Waals surface area contributed by atoms with Crippen LogP contribution in [0.1, 0.15) is 25.7 Å². The molecule has 1 aliphatic rings. The van der Waals surface area contributed by atoms with Crippen molar-refractivity contribution < 1.29 is 5.11 Å². The van der Waals surface area contributed by atoms with E-state index in [1.807, 2.05) is 18.2 Å². The van der Waals surface area contributed by atoms with Crippen molar-refractivity contribution in [3.05, 3.63) is 26.8 Å². The first kappa shape index (κ1) is 12.5. The van der Waals surface area contributed by atoms with Gasteiger partial charge in [-0.3, -0.25) is 0 Å². The number of benzene rings is 1. The lowest BCUT2D eigenvalue weighted by atomic mass is 9.92. The van der Waals surface area contributed by atoms with E-state index >= 15 is 0 Å². The van der Waals surface area contributed by atoms with Gasteiger partial charge in [-0.05, 0) is 53.6 Å². The van der Waals surface area contributed by atoms with Crippen LogP contribution in [-0.4, -0.2) is 17.3 Å². The summed E-state index contributed by atoms with van der Waals surface area (Å²) in [6.45, 7) is 0. The average molecular weight is 352 g/mol. The predicted octanol–water partition coefficient (Wildman–Crippen LogP) is 3.66. The zero-order chi connectivity index (χ0) is 11.5. The molecule has 16 heavy (non-hydrogen) atoms. The topological polar surface area (TPSA) is 32.3 Å². The van der Waals surface area contributed by atoms with E-state index < -0.39 is 0 Å². The quantitative estimate of drug-likeness (QED) is 0.797. The molecule has 2 N–H and O–H groups in total. The van der Waals surface area contributed by atoms with Gasteiger partial charge >= 0.3 is 0 Å². The average Bonchev–Trinajstić information content (AvgIpc) is 2.25. The maximum absolute atomic E-state index is 9.87. The van der Waals surface area contributed by atoms with Crippen LogP contribution in [0.3, 0.4) is 0 Å². The molecule has 1 fully saturated rings. The SMILES string of the molecule is OC1CCCCC1Nc1ccc(I)cc1Cl. The van der Waals surface area contributed by atoms with Crippen LogP contribution < -0.4 is 5.32 Å². The molecule has 0 aliphatic heterocycles. The van der Waals surface area contributed by atoms with Crippen LogP contribution in [0.5, 0.6) is 0 Å². The summed E-state index contributed by atoms with van der Waals surface area (Å²) in [5.41, 5.74) is 0.924. The molecule has 0 amide bonds. The van der Waals surface area contributed by atoms with Crippen LogP contribution in [0.15, 0.2) is 18.2 Å². The summed E-state index contributed by atoms with van der Waals surface area (Å²) in [6, 6.07) is 6.07. The van der Waals surface area contributed by atoms with E-state index in [1.165, 1.54) is 6.42 Å². The van der Waals surface area contributed by atoms with Gasteiger partial charge in [-0.2, -0.15) is 0 Å². The Balaban J connectivity index is 2.07. The van der Waals surface area contributed by atoms with E-state index in [9.17, 15) is 5.11 Å². The molecule has 4 heteroatoms. The Hall–Kier alpha value is -0.0000000000000000555. The maximum Gasteiger partial charge on any atom is 0.0741 e. The Morgan fingerprint density at radius 3 is 2.75 bits per heavy atom. The molecule has 0 spiro atoms. The number of aliphatic hydroxyl groups is 1. The van der Waals surface area contributed by atoms with Crippen LogP contribution in [-0.2, 0) is 0 Å². The number of halogens is 2. The summed E-state index contributed by atoms with van der Waals surface area (Å²) in [4.78, 5) is 0. The van der Waals surface area contributed by atoms with Gasteiger partial charge in [0.2, 0.25) is 0 Å². The maximum atomic E-state index is 9.87. The van der Waals surface area contributed by atoms with Gasteiger partial charge in [0.15, 0.2) is 0 Å². The van der Waals surface area contributed by atoms with Crippen molar-refractivity contribution in [3.8, 4) is 0 Å². The van der Waals surface area contributed by atoms with Crippen LogP contribution in [0, 0.1) is 3.57 Å². The number of rotatable bonds is 2. The Bertz CT molecular complexity index is 372. The molecular weight excluding hydrogens is 336 g/mol. The summed E-state index contributed by atoms with van der Waals surface area (Å²) in [5, 5.41) is 13.9. The van der Waals surface area contributed by atoms with Crippen LogP contribution in [0.4, 0.5) is 5.69 Å². The molecule has 2 atom stereocenters. The van der Waals surface area contributed by atoms with E-state index in [-0.39, 0.29) is 12.1 Å². The second-order valence-electron chi connectivity index (χ2n) is 4.23. The molecule has 0 bridgehead atoms. The highest BCUT2D eigenvalue weighted by molar-refractivity contribution is 14.1. The summed E-state index contributed by atoms with van der Waals surface area (Å²) in [6.07, 6.45) is 3.96. The van der Waals surface area contributed by atoms with Gasteiger partial charge in [-0.15, -0.1) is 0 Å². The molecular formula is C12H15ClINO. The molecule has 2 unspecified atom stereocenters. The van der Waals surface area contributed by atoms with Crippen molar-refractivity contribution in [1.82, 2.24) is 0 Å². The molecule has 0 heterocycles. The minimum atomic E-state index is -0.246. The Morgan fingerprint density at radius 2 is 2.06 bits per heavy atom. The first-order chi connectivity index (χ1) is 7.66. The first-order valence-corrected chi connectivity index (χ1v) is 7.02. The van der Waals surface area contributed by atoms with Gasteiger partial charge in [-0.25, -0.2) is 0 Å². The van der Waals surface area contributed by atoms with Gasteiger partial charge in [0.05, 0.1) is 22.9 Å². The molecule has 2 nitrogen and oxygen atoms in total. The highest BCUT2D eigenvalue weighted by atomic mass is 127. The van der Waals surface area contributed by atoms with Gasteiger partial charge < -0.3 is 10.4 Å². The fourth-order valence-corrected chi connectivity index (χ4v) is 3.00. The fourth-order valence-electron chi connectivity index (χ4n) is 2.09. The number of nitrogens with one attached hydrogen (secondary N) is 1. The van der Waals surface area contributed by atoms with Gasteiger partial charge in [0.1, 0.15) is 0 Å². The molecule has 88 valence electrons. The van der Waals surface area contributed by atoms with Crippen molar-refractivity contribution in [2.24, 2.45) is 0 Å². The molecule has 0 saturated heterocycles. The van der Waals surface area contributed by atoms with Crippen LogP contribution in [0.25, 0.3) is 0 Å². The highest BCUT2D eigenvalue weighted by Gasteiger charge is 2.23. The largest absolute Gasteiger partial charge is 0.391 e. The predicted molar refractivity (Wildman–Crippen MR) is 76.1 cm³/mol. The zero-order valence-corrected chi connectivity index (χ0v) is 11.8. The van der Waals surface area contributed by atoms with E-state index in [4.69, 9.17) is 11.6 Å². The van der Waals surface area contributed by atoms with Gasteiger partial charge in [0.25, 0.3) is 0 Å². The van der Waals surface area contributed by atoms with Crippen molar-refractivity contribution in [2.45, 2.75) is 37.8 Å². The number of aliphatic hydroxyl groups excluding tert-OH is 1. The third-order valence-electron chi connectivity index (χ3n) is 3.00. The Labute approximate surface area is 115 Å². The molecule has 0 aromatic heterocycles. The van der Waals surface area contributed by atoms with Gasteiger partial charge in [-0.1, -0.05) is 24.4 Å². The second kappa shape index (κ2) is 5.56. The fraction of sp³-hybridized carbons (Fsp3) is 0.500. The zero-order valence-electron chi connectivity index (χ0n) is 8.92. The summed E-state index contributed by atoms with van der Waals surface area (Å²) < 4.78 is 1.12.